The Hall–Kier alpha value is -1.30. The molecule has 0 aromatic rings. The number of Topliss-reactive ketones (excluding diaryl/α,β-unsaturated/α-hetero) is 1. The van der Waals surface area contributed by atoms with Gasteiger partial charge in [-0.05, 0) is 25.7 Å². The number of carbonyl (C=O) groups is 4. The molecule has 2 unspecified atom stereocenters. The van der Waals surface area contributed by atoms with Crippen LogP contribution in [0, 0.1) is 0 Å². The van der Waals surface area contributed by atoms with Crippen molar-refractivity contribution in [1.29, 1.82) is 0 Å². The molecule has 0 aromatic heterocycles. The minimum Gasteiger partial charge on any atom is -0.481 e. The third-order valence-electron chi connectivity index (χ3n) is 9.01. The number of likely N-dealkylation sites (N-methyl/N-ethyl adjacent to an activating group) is 2. The van der Waals surface area contributed by atoms with E-state index < -0.39 is 11.9 Å². The van der Waals surface area contributed by atoms with Crippen LogP contribution < -0.4 is 5.32 Å². The standard InChI is InChI=1S/C37H71N3O6S2/c1-39(2,3)32(34(41)26-22-18-14-10-7-8-11-15-19-23-27-35(42)43)30-47-48-31-33(40(4,5)6)37(46)38-29-25-21-17-13-9-12-16-20-24-28-36(44)45/h32-33H,7-31H2,1-6H3,(H-2,38,42,43,44,45,46)/p+2. The van der Waals surface area contributed by atoms with Crippen LogP contribution in [0.1, 0.15) is 141 Å². The summed E-state index contributed by atoms with van der Waals surface area (Å²) in [5.41, 5.74) is 0. The fourth-order valence-corrected chi connectivity index (χ4v) is 8.78. The van der Waals surface area contributed by atoms with Gasteiger partial charge in [0, 0.05) is 25.8 Å². The molecule has 0 bridgehead atoms. The van der Waals surface area contributed by atoms with Gasteiger partial charge < -0.3 is 24.5 Å². The summed E-state index contributed by atoms with van der Waals surface area (Å²) in [6.07, 6.45) is 21.8. The molecule has 0 rings (SSSR count). The Bertz CT molecular complexity index is 806. The lowest BCUT2D eigenvalue weighted by atomic mass is 10.0. The zero-order valence-electron chi connectivity index (χ0n) is 31.6. The first-order valence-electron chi connectivity index (χ1n) is 18.8. The van der Waals surface area contributed by atoms with E-state index >= 15 is 0 Å². The number of amides is 1. The van der Waals surface area contributed by atoms with Gasteiger partial charge in [0.2, 0.25) is 0 Å². The number of unbranched alkanes of at least 4 members (excludes halogenated alkanes) is 17. The second-order valence-electron chi connectivity index (χ2n) is 15.3. The summed E-state index contributed by atoms with van der Waals surface area (Å²) in [6.45, 7) is 0.705. The molecule has 1 amide bonds. The number of nitrogens with one attached hydrogen (secondary N) is 1. The number of hydrogen-bond donors (Lipinski definition) is 3. The molecule has 0 aliphatic rings. The highest BCUT2D eigenvalue weighted by atomic mass is 33.1. The van der Waals surface area contributed by atoms with Crippen molar-refractivity contribution in [2.24, 2.45) is 0 Å². The average Bonchev–Trinajstić information content (AvgIpc) is 2.98. The van der Waals surface area contributed by atoms with Crippen molar-refractivity contribution in [3.63, 3.8) is 0 Å². The Morgan fingerprint density at radius 2 is 0.792 bits per heavy atom. The van der Waals surface area contributed by atoms with Crippen molar-refractivity contribution in [3.05, 3.63) is 0 Å². The van der Waals surface area contributed by atoms with Crippen LogP contribution in [0.5, 0.6) is 0 Å². The number of ketones is 1. The second kappa shape index (κ2) is 28.4. The highest BCUT2D eigenvalue weighted by molar-refractivity contribution is 8.76. The highest BCUT2D eigenvalue weighted by Crippen LogP contribution is 2.28. The lowest BCUT2D eigenvalue weighted by Crippen LogP contribution is -2.55. The number of nitrogens with zero attached hydrogens (tertiary/aromatic N) is 2. The summed E-state index contributed by atoms with van der Waals surface area (Å²) in [5, 5.41) is 20.6. The molecular formula is C37H73N3O6S2+2. The van der Waals surface area contributed by atoms with E-state index in [-0.39, 0.29) is 30.8 Å². The third kappa shape index (κ3) is 27.5. The van der Waals surface area contributed by atoms with Crippen LogP contribution in [0.2, 0.25) is 0 Å². The van der Waals surface area contributed by atoms with E-state index in [9.17, 15) is 19.2 Å². The summed E-state index contributed by atoms with van der Waals surface area (Å²) < 4.78 is 1.18. The molecule has 48 heavy (non-hydrogen) atoms. The summed E-state index contributed by atoms with van der Waals surface area (Å²) in [6, 6.07) is -0.212. The van der Waals surface area contributed by atoms with E-state index in [2.05, 4.69) is 47.6 Å². The van der Waals surface area contributed by atoms with Gasteiger partial charge in [0.15, 0.2) is 17.9 Å². The Labute approximate surface area is 301 Å². The van der Waals surface area contributed by atoms with Crippen LogP contribution in [0.25, 0.3) is 0 Å². The lowest BCUT2D eigenvalue weighted by molar-refractivity contribution is -0.883. The SMILES string of the molecule is C[N+](C)(C)C(CSSCC(C(=O)NCCCCCCCCCCCC(=O)O)[N+](C)(C)C)C(=O)CCCCCCCCCCCCC(=O)O. The van der Waals surface area contributed by atoms with Crippen molar-refractivity contribution in [2.45, 2.75) is 153 Å². The van der Waals surface area contributed by atoms with Crippen LogP contribution >= 0.6 is 21.6 Å². The topological polar surface area (TPSA) is 121 Å². The molecule has 3 N–H and O–H groups in total. The van der Waals surface area contributed by atoms with Crippen molar-refractivity contribution in [2.75, 3.05) is 60.3 Å². The lowest BCUT2D eigenvalue weighted by Gasteiger charge is -2.34. The predicted molar refractivity (Wildman–Crippen MR) is 203 cm³/mol. The molecule has 0 fully saturated rings. The van der Waals surface area contributed by atoms with Gasteiger partial charge in [0.05, 0.1) is 53.8 Å². The Morgan fingerprint density at radius 3 is 1.15 bits per heavy atom. The van der Waals surface area contributed by atoms with E-state index in [1.807, 2.05) is 0 Å². The molecule has 0 spiro atoms. The van der Waals surface area contributed by atoms with E-state index in [1.165, 1.54) is 57.8 Å². The van der Waals surface area contributed by atoms with Gasteiger partial charge in [-0.1, -0.05) is 118 Å². The largest absolute Gasteiger partial charge is 0.481 e. The number of hydrogen-bond acceptors (Lipinski definition) is 6. The Morgan fingerprint density at radius 1 is 0.479 bits per heavy atom. The normalized spacial score (nSPS) is 13.3. The molecule has 0 saturated carbocycles. The molecule has 0 heterocycles. The number of aliphatic carboxylic acids is 2. The Kier molecular flexibility index (Phi) is 27.6. The van der Waals surface area contributed by atoms with E-state index in [4.69, 9.17) is 10.2 Å². The highest BCUT2D eigenvalue weighted by Gasteiger charge is 2.33. The van der Waals surface area contributed by atoms with Gasteiger partial charge in [-0.3, -0.25) is 19.2 Å². The number of carboxylic acids is 2. The molecule has 0 aliphatic carbocycles. The van der Waals surface area contributed by atoms with Crippen LogP contribution in [0.15, 0.2) is 0 Å². The quantitative estimate of drug-likeness (QED) is 0.0348. The minimum absolute atomic E-state index is 0.0584. The smallest absolute Gasteiger partial charge is 0.303 e. The molecule has 11 heteroatoms. The fraction of sp³-hybridized carbons (Fsp3) is 0.892. The number of carbonyl (C=O) groups excluding carboxylic acids is 2. The van der Waals surface area contributed by atoms with Gasteiger partial charge in [0.25, 0.3) is 5.91 Å². The first-order valence-corrected chi connectivity index (χ1v) is 21.3. The summed E-state index contributed by atoms with van der Waals surface area (Å²) in [4.78, 5) is 47.5. The zero-order chi connectivity index (χ0) is 36.3. The number of carboxylic acid groups (broad SMARTS) is 2. The van der Waals surface area contributed by atoms with Crippen LogP contribution in [-0.2, 0) is 19.2 Å². The van der Waals surface area contributed by atoms with Crippen LogP contribution in [0.4, 0.5) is 0 Å². The third-order valence-corrected chi connectivity index (χ3v) is 11.4. The Balaban J connectivity index is 4.24. The van der Waals surface area contributed by atoms with E-state index in [1.54, 1.807) is 21.6 Å². The second-order valence-corrected chi connectivity index (χ2v) is 17.9. The van der Waals surface area contributed by atoms with Gasteiger partial charge in [0.1, 0.15) is 0 Å². The first-order chi connectivity index (χ1) is 22.7. The average molecular weight is 720 g/mol. The van der Waals surface area contributed by atoms with Crippen LogP contribution in [-0.4, -0.2) is 115 Å². The molecule has 0 aromatic carbocycles. The van der Waals surface area contributed by atoms with Crippen molar-refractivity contribution >= 4 is 45.2 Å². The molecule has 0 aliphatic heterocycles. The predicted octanol–water partition coefficient (Wildman–Crippen LogP) is 7.95. The van der Waals surface area contributed by atoms with Crippen molar-refractivity contribution in [1.82, 2.24) is 5.32 Å². The van der Waals surface area contributed by atoms with Crippen LogP contribution in [0.3, 0.4) is 0 Å². The van der Waals surface area contributed by atoms with Gasteiger partial charge in [-0.15, -0.1) is 0 Å². The van der Waals surface area contributed by atoms with Gasteiger partial charge in [-0.2, -0.15) is 0 Å². The summed E-state index contributed by atoms with van der Waals surface area (Å²) in [5.74, 6) is 0.488. The first kappa shape index (κ1) is 46.7. The summed E-state index contributed by atoms with van der Waals surface area (Å²) in [7, 11) is 15.9. The molecular weight excluding hydrogens is 647 g/mol. The number of quaternary nitrogens is 2. The molecule has 9 nitrogen and oxygen atoms in total. The molecule has 0 saturated heterocycles. The maximum absolute atomic E-state index is 13.2. The van der Waals surface area contributed by atoms with Gasteiger partial charge >= 0.3 is 11.9 Å². The molecule has 282 valence electrons. The zero-order valence-corrected chi connectivity index (χ0v) is 33.2. The minimum atomic E-state index is -0.703. The van der Waals surface area contributed by atoms with E-state index in [0.717, 1.165) is 70.0 Å². The van der Waals surface area contributed by atoms with Gasteiger partial charge in [-0.25, -0.2) is 0 Å². The summed E-state index contributed by atoms with van der Waals surface area (Å²) >= 11 is 0. The molecule has 0 radical (unpaired) electrons. The molecule has 2 atom stereocenters. The maximum atomic E-state index is 13.2. The maximum Gasteiger partial charge on any atom is 0.303 e. The fourth-order valence-electron chi connectivity index (χ4n) is 5.75. The number of rotatable bonds is 34. The monoisotopic (exact) mass is 719 g/mol. The van der Waals surface area contributed by atoms with E-state index in [0.29, 0.717) is 33.5 Å². The van der Waals surface area contributed by atoms with Crippen molar-refractivity contribution < 1.29 is 38.4 Å². The van der Waals surface area contributed by atoms with Crippen molar-refractivity contribution in [3.8, 4) is 0 Å².